The Morgan fingerprint density at radius 1 is 1.29 bits per heavy atom. The molecule has 1 aromatic carbocycles. The lowest BCUT2D eigenvalue weighted by molar-refractivity contribution is -0.138. The number of phenols is 1. The average molecular weight is 310 g/mol. The Morgan fingerprint density at radius 3 is 2.29 bits per heavy atom. The minimum Gasteiger partial charge on any atom is -0.507 e. The van der Waals surface area contributed by atoms with Crippen LogP contribution in [0.3, 0.4) is 0 Å². The SMILES string of the molecule is NC1(c2cc(Br)cc(C(F)(F)F)c2O)CCC1. The Balaban J connectivity index is 2.58. The Labute approximate surface area is 105 Å². The van der Waals surface area contributed by atoms with Gasteiger partial charge in [0.25, 0.3) is 0 Å². The van der Waals surface area contributed by atoms with Crippen LogP contribution in [0.2, 0.25) is 0 Å². The molecule has 1 fully saturated rings. The van der Waals surface area contributed by atoms with Crippen LogP contribution in [-0.2, 0) is 11.7 Å². The molecule has 0 atom stereocenters. The summed E-state index contributed by atoms with van der Waals surface area (Å²) < 4.78 is 38.4. The number of alkyl halides is 3. The summed E-state index contributed by atoms with van der Waals surface area (Å²) in [4.78, 5) is 0. The molecule has 0 saturated heterocycles. The molecule has 0 heterocycles. The van der Waals surface area contributed by atoms with Crippen LogP contribution >= 0.6 is 15.9 Å². The number of benzene rings is 1. The maximum absolute atomic E-state index is 12.7. The van der Waals surface area contributed by atoms with Crippen molar-refractivity contribution in [2.24, 2.45) is 5.73 Å². The molecule has 0 aromatic heterocycles. The second kappa shape index (κ2) is 3.88. The summed E-state index contributed by atoms with van der Waals surface area (Å²) in [5.41, 5.74) is 4.26. The number of hydrogen-bond donors (Lipinski definition) is 2. The molecule has 94 valence electrons. The summed E-state index contributed by atoms with van der Waals surface area (Å²) in [5, 5.41) is 9.73. The molecule has 6 heteroatoms. The third-order valence-corrected chi connectivity index (χ3v) is 3.62. The van der Waals surface area contributed by atoms with Gasteiger partial charge in [0.1, 0.15) is 5.75 Å². The molecule has 0 unspecified atom stereocenters. The van der Waals surface area contributed by atoms with Crippen molar-refractivity contribution >= 4 is 15.9 Å². The van der Waals surface area contributed by atoms with Gasteiger partial charge in [-0.1, -0.05) is 15.9 Å². The number of aromatic hydroxyl groups is 1. The molecule has 0 bridgehead atoms. The molecule has 1 aromatic rings. The Morgan fingerprint density at radius 2 is 1.88 bits per heavy atom. The fourth-order valence-corrected chi connectivity index (χ4v) is 2.48. The van der Waals surface area contributed by atoms with Gasteiger partial charge in [0, 0.05) is 15.6 Å². The van der Waals surface area contributed by atoms with Gasteiger partial charge >= 0.3 is 6.18 Å². The van der Waals surface area contributed by atoms with Gasteiger partial charge in [0.05, 0.1) is 5.56 Å². The smallest absolute Gasteiger partial charge is 0.420 e. The van der Waals surface area contributed by atoms with Crippen LogP contribution in [0.5, 0.6) is 5.75 Å². The largest absolute Gasteiger partial charge is 0.507 e. The van der Waals surface area contributed by atoms with Crippen molar-refractivity contribution in [1.29, 1.82) is 0 Å². The van der Waals surface area contributed by atoms with E-state index in [2.05, 4.69) is 15.9 Å². The molecular formula is C11H11BrF3NO. The first-order valence-corrected chi connectivity index (χ1v) is 5.92. The highest BCUT2D eigenvalue weighted by atomic mass is 79.9. The van der Waals surface area contributed by atoms with Gasteiger partial charge in [-0.2, -0.15) is 13.2 Å². The van der Waals surface area contributed by atoms with E-state index in [-0.39, 0.29) is 10.0 Å². The maximum Gasteiger partial charge on any atom is 0.420 e. The van der Waals surface area contributed by atoms with E-state index in [1.807, 2.05) is 0 Å². The highest BCUT2D eigenvalue weighted by Crippen LogP contribution is 2.47. The van der Waals surface area contributed by atoms with Crippen molar-refractivity contribution < 1.29 is 18.3 Å². The summed E-state index contributed by atoms with van der Waals surface area (Å²) in [7, 11) is 0. The summed E-state index contributed by atoms with van der Waals surface area (Å²) in [5.74, 6) is -0.747. The second-order valence-corrected chi connectivity index (χ2v) is 5.27. The summed E-state index contributed by atoms with van der Waals surface area (Å²) in [6, 6.07) is 2.32. The second-order valence-electron chi connectivity index (χ2n) is 4.36. The lowest BCUT2D eigenvalue weighted by Gasteiger charge is -2.39. The quantitative estimate of drug-likeness (QED) is 0.834. The number of rotatable bonds is 1. The van der Waals surface area contributed by atoms with Crippen molar-refractivity contribution in [2.45, 2.75) is 31.0 Å². The minimum absolute atomic E-state index is 0.172. The third kappa shape index (κ3) is 2.15. The first-order chi connectivity index (χ1) is 7.74. The van der Waals surface area contributed by atoms with Crippen LogP contribution in [0.4, 0.5) is 13.2 Å². The highest BCUT2D eigenvalue weighted by Gasteiger charge is 2.41. The minimum atomic E-state index is -4.58. The van der Waals surface area contributed by atoms with Crippen LogP contribution in [0.25, 0.3) is 0 Å². The normalized spacial score (nSPS) is 18.9. The van der Waals surface area contributed by atoms with Crippen molar-refractivity contribution in [2.75, 3.05) is 0 Å². The standard InChI is InChI=1S/C11H11BrF3NO/c12-6-4-7(10(16)2-1-3-10)9(17)8(5-6)11(13,14)15/h4-5,17H,1-3,16H2. The molecule has 0 amide bonds. The van der Waals surface area contributed by atoms with E-state index in [0.717, 1.165) is 12.5 Å². The molecule has 1 aliphatic rings. The van der Waals surface area contributed by atoms with Gasteiger partial charge in [0.2, 0.25) is 0 Å². The summed E-state index contributed by atoms with van der Waals surface area (Å²) in [6.07, 6.45) is -2.53. The zero-order valence-electron chi connectivity index (χ0n) is 8.81. The van der Waals surface area contributed by atoms with Crippen LogP contribution in [0, 0.1) is 0 Å². The Bertz CT molecular complexity index is 455. The topological polar surface area (TPSA) is 46.2 Å². The predicted octanol–water partition coefficient (Wildman–Crippen LogP) is 3.51. The maximum atomic E-state index is 12.7. The van der Waals surface area contributed by atoms with Crippen LogP contribution in [0.1, 0.15) is 30.4 Å². The van der Waals surface area contributed by atoms with E-state index in [4.69, 9.17) is 5.73 Å². The zero-order chi connectivity index (χ0) is 12.8. The van der Waals surface area contributed by atoms with Gasteiger partial charge in [0.15, 0.2) is 0 Å². The van der Waals surface area contributed by atoms with E-state index in [1.54, 1.807) is 0 Å². The van der Waals surface area contributed by atoms with E-state index < -0.39 is 23.0 Å². The number of hydrogen-bond acceptors (Lipinski definition) is 2. The molecular weight excluding hydrogens is 299 g/mol. The van der Waals surface area contributed by atoms with Gasteiger partial charge < -0.3 is 10.8 Å². The molecule has 17 heavy (non-hydrogen) atoms. The van der Waals surface area contributed by atoms with Crippen LogP contribution in [0.15, 0.2) is 16.6 Å². The molecule has 0 aliphatic heterocycles. The monoisotopic (exact) mass is 309 g/mol. The summed E-state index contributed by atoms with van der Waals surface area (Å²) in [6.45, 7) is 0. The van der Waals surface area contributed by atoms with Crippen molar-refractivity contribution in [1.82, 2.24) is 0 Å². The van der Waals surface area contributed by atoms with E-state index in [9.17, 15) is 18.3 Å². The highest BCUT2D eigenvalue weighted by molar-refractivity contribution is 9.10. The fourth-order valence-electron chi connectivity index (χ4n) is 2.02. The van der Waals surface area contributed by atoms with Crippen LogP contribution in [-0.4, -0.2) is 5.11 Å². The van der Waals surface area contributed by atoms with Crippen LogP contribution < -0.4 is 5.73 Å². The molecule has 3 N–H and O–H groups in total. The lowest BCUT2D eigenvalue weighted by Crippen LogP contribution is -2.43. The van der Waals surface area contributed by atoms with Crippen molar-refractivity contribution in [3.63, 3.8) is 0 Å². The molecule has 1 saturated carbocycles. The summed E-state index contributed by atoms with van der Waals surface area (Å²) >= 11 is 3.02. The number of phenolic OH excluding ortho intramolecular Hbond substituents is 1. The fraction of sp³-hybridized carbons (Fsp3) is 0.455. The number of halogens is 4. The Kier molecular flexibility index (Phi) is 2.90. The molecule has 2 rings (SSSR count). The Hall–Kier alpha value is -0.750. The predicted molar refractivity (Wildman–Crippen MR) is 60.5 cm³/mol. The molecule has 1 aliphatic carbocycles. The lowest BCUT2D eigenvalue weighted by atomic mass is 9.72. The van der Waals surface area contributed by atoms with Gasteiger partial charge in [-0.15, -0.1) is 0 Å². The van der Waals surface area contributed by atoms with E-state index >= 15 is 0 Å². The van der Waals surface area contributed by atoms with Gasteiger partial charge in [-0.25, -0.2) is 0 Å². The zero-order valence-corrected chi connectivity index (χ0v) is 10.4. The molecule has 0 radical (unpaired) electrons. The van der Waals surface area contributed by atoms with Gasteiger partial charge in [-0.05, 0) is 31.4 Å². The number of nitrogens with two attached hydrogens (primary N) is 1. The first-order valence-electron chi connectivity index (χ1n) is 5.13. The van der Waals surface area contributed by atoms with Crippen molar-refractivity contribution in [3.05, 3.63) is 27.7 Å². The van der Waals surface area contributed by atoms with Crippen molar-refractivity contribution in [3.8, 4) is 5.75 Å². The first kappa shape index (κ1) is 12.7. The molecule has 2 nitrogen and oxygen atoms in total. The third-order valence-electron chi connectivity index (χ3n) is 3.16. The van der Waals surface area contributed by atoms with Gasteiger partial charge in [-0.3, -0.25) is 0 Å². The molecule has 0 spiro atoms. The van der Waals surface area contributed by atoms with E-state index in [0.29, 0.717) is 12.8 Å². The average Bonchev–Trinajstić information content (AvgIpc) is 2.16. The van der Waals surface area contributed by atoms with E-state index in [1.165, 1.54) is 6.07 Å².